The van der Waals surface area contributed by atoms with E-state index in [1.807, 2.05) is 36.4 Å². The van der Waals surface area contributed by atoms with E-state index in [0.29, 0.717) is 5.70 Å². The molecule has 0 radical (unpaired) electrons. The van der Waals surface area contributed by atoms with E-state index in [1.165, 1.54) is 0 Å². The summed E-state index contributed by atoms with van der Waals surface area (Å²) < 4.78 is 0. The highest BCUT2D eigenvalue weighted by molar-refractivity contribution is 6.19. The van der Waals surface area contributed by atoms with Gasteiger partial charge >= 0.3 is 0 Å². The number of allylic oxidation sites excluding steroid dienone is 6. The maximum atomic E-state index is 12.1. The summed E-state index contributed by atoms with van der Waals surface area (Å²) in [5.41, 5.74) is 3.32. The third kappa shape index (κ3) is 1.31. The molecule has 0 fully saturated rings. The number of nitrogens with one attached hydrogen (secondary N) is 1. The Hall–Kier alpha value is -2.09. The molecule has 16 heavy (non-hydrogen) atoms. The minimum absolute atomic E-state index is 0.0850. The highest BCUT2D eigenvalue weighted by atomic mass is 16.1. The molecule has 0 unspecified atom stereocenters. The molecule has 0 saturated carbocycles. The average Bonchev–Trinajstić information content (AvgIpc) is 2.69. The van der Waals surface area contributed by atoms with Gasteiger partial charge in [-0.25, -0.2) is 0 Å². The van der Waals surface area contributed by atoms with E-state index < -0.39 is 0 Å². The second-order valence-corrected chi connectivity index (χ2v) is 3.87. The lowest BCUT2D eigenvalue weighted by atomic mass is 10.0. The van der Waals surface area contributed by atoms with Gasteiger partial charge in [0.15, 0.2) is 0 Å². The molecule has 3 rings (SSSR count). The molecule has 1 heterocycles. The normalized spacial score (nSPS) is 17.6. The van der Waals surface area contributed by atoms with Crippen molar-refractivity contribution in [1.29, 1.82) is 0 Å². The molecule has 1 aliphatic heterocycles. The van der Waals surface area contributed by atoms with Crippen LogP contribution in [0.15, 0.2) is 59.8 Å². The largest absolute Gasteiger partial charge is 0.351 e. The van der Waals surface area contributed by atoms with Crippen molar-refractivity contribution < 1.29 is 4.79 Å². The predicted molar refractivity (Wildman–Crippen MR) is 64.3 cm³/mol. The number of hydrogen-bond donors (Lipinski definition) is 1. The summed E-state index contributed by atoms with van der Waals surface area (Å²) in [5, 5.41) is 3.18. The maximum Gasteiger partial charge on any atom is 0.211 e. The standard InChI is InChI=1S/C14H11NO/c16-14-11-8-4-5-9-12(11)15-13(14)10-6-2-1-3-7-10/h2-9,15H,1H2. The van der Waals surface area contributed by atoms with Crippen LogP contribution in [-0.2, 0) is 0 Å². The Morgan fingerprint density at radius 3 is 2.56 bits per heavy atom. The van der Waals surface area contributed by atoms with E-state index >= 15 is 0 Å². The molecule has 0 amide bonds. The summed E-state index contributed by atoms with van der Waals surface area (Å²) in [5.74, 6) is 0.0850. The molecule has 0 spiro atoms. The van der Waals surface area contributed by atoms with Gasteiger partial charge in [0.2, 0.25) is 5.78 Å². The molecule has 2 heteroatoms. The van der Waals surface area contributed by atoms with Crippen LogP contribution in [0, 0.1) is 0 Å². The summed E-state index contributed by atoms with van der Waals surface area (Å²) >= 11 is 0. The molecule has 1 aromatic rings. The molecule has 0 aromatic heterocycles. The molecule has 1 N–H and O–H groups in total. The Morgan fingerprint density at radius 2 is 1.81 bits per heavy atom. The lowest BCUT2D eigenvalue weighted by Gasteiger charge is -2.04. The Bertz CT molecular complexity index is 536. The van der Waals surface area contributed by atoms with E-state index in [9.17, 15) is 4.79 Å². The smallest absolute Gasteiger partial charge is 0.211 e. The summed E-state index contributed by atoms with van der Waals surface area (Å²) in [6.07, 6.45) is 9.04. The van der Waals surface area contributed by atoms with Crippen molar-refractivity contribution in [1.82, 2.24) is 0 Å². The van der Waals surface area contributed by atoms with Crippen molar-refractivity contribution >= 4 is 11.5 Å². The second kappa shape index (κ2) is 3.49. The minimum Gasteiger partial charge on any atom is -0.351 e. The summed E-state index contributed by atoms with van der Waals surface area (Å²) in [4.78, 5) is 12.1. The summed E-state index contributed by atoms with van der Waals surface area (Å²) in [6.45, 7) is 0. The van der Waals surface area contributed by atoms with Crippen LogP contribution < -0.4 is 5.32 Å². The third-order valence-corrected chi connectivity index (χ3v) is 2.81. The van der Waals surface area contributed by atoms with Gasteiger partial charge in [-0.15, -0.1) is 0 Å². The number of hydrogen-bond acceptors (Lipinski definition) is 2. The van der Waals surface area contributed by atoms with Gasteiger partial charge in [-0.05, 0) is 18.6 Å². The fraction of sp³-hybridized carbons (Fsp3) is 0.0714. The zero-order valence-corrected chi connectivity index (χ0v) is 8.73. The van der Waals surface area contributed by atoms with Gasteiger partial charge in [-0.1, -0.05) is 36.4 Å². The van der Waals surface area contributed by atoms with Crippen molar-refractivity contribution in [2.45, 2.75) is 6.42 Å². The number of carbonyl (C=O) groups is 1. The van der Waals surface area contributed by atoms with Crippen molar-refractivity contribution in [3.63, 3.8) is 0 Å². The van der Waals surface area contributed by atoms with Gasteiger partial charge in [0.25, 0.3) is 0 Å². The quantitative estimate of drug-likeness (QED) is 0.665. The molecule has 2 aliphatic rings. The fourth-order valence-electron chi connectivity index (χ4n) is 2.01. The van der Waals surface area contributed by atoms with Gasteiger partial charge in [0.1, 0.15) is 0 Å². The van der Waals surface area contributed by atoms with Crippen LogP contribution in [0.25, 0.3) is 0 Å². The Balaban J connectivity index is 2.10. The number of ketones is 1. The molecule has 0 atom stereocenters. The van der Waals surface area contributed by atoms with Gasteiger partial charge < -0.3 is 5.32 Å². The van der Waals surface area contributed by atoms with Crippen molar-refractivity contribution in [2.24, 2.45) is 0 Å². The number of rotatable bonds is 0. The molecule has 0 saturated heterocycles. The van der Waals surface area contributed by atoms with E-state index in [0.717, 1.165) is 23.2 Å². The van der Waals surface area contributed by atoms with Crippen LogP contribution in [0.1, 0.15) is 16.8 Å². The molecule has 2 nitrogen and oxygen atoms in total. The predicted octanol–water partition coefficient (Wildman–Crippen LogP) is 3.07. The molecule has 1 aromatic carbocycles. The average molecular weight is 209 g/mol. The van der Waals surface area contributed by atoms with Crippen molar-refractivity contribution in [3.8, 4) is 0 Å². The topological polar surface area (TPSA) is 29.1 Å². The number of carbonyl (C=O) groups excluding carboxylic acids is 1. The first kappa shape index (κ1) is 9.16. The minimum atomic E-state index is 0.0850. The maximum absolute atomic E-state index is 12.1. The van der Waals surface area contributed by atoms with Crippen LogP contribution in [-0.4, -0.2) is 5.78 Å². The van der Waals surface area contributed by atoms with E-state index in [1.54, 1.807) is 0 Å². The zero-order valence-electron chi connectivity index (χ0n) is 8.73. The molecular weight excluding hydrogens is 198 g/mol. The van der Waals surface area contributed by atoms with Gasteiger partial charge in [0, 0.05) is 16.8 Å². The SMILES string of the molecule is O=C1C(=C2C=CCC=C2)Nc2ccccc21. The first-order valence-electron chi connectivity index (χ1n) is 5.34. The Labute approximate surface area is 94.0 Å². The highest BCUT2D eigenvalue weighted by Crippen LogP contribution is 2.30. The first-order valence-corrected chi connectivity index (χ1v) is 5.34. The number of Topliss-reactive ketones (excluding diaryl/α,β-unsaturated/α-hetero) is 1. The van der Waals surface area contributed by atoms with Gasteiger partial charge in [0.05, 0.1) is 5.70 Å². The third-order valence-electron chi connectivity index (χ3n) is 2.81. The summed E-state index contributed by atoms with van der Waals surface area (Å²) in [6, 6.07) is 7.60. The van der Waals surface area contributed by atoms with Crippen LogP contribution in [0.2, 0.25) is 0 Å². The first-order chi connectivity index (χ1) is 7.86. The Morgan fingerprint density at radius 1 is 1.06 bits per heavy atom. The van der Waals surface area contributed by atoms with Crippen LogP contribution in [0.5, 0.6) is 0 Å². The number of anilines is 1. The van der Waals surface area contributed by atoms with Crippen LogP contribution >= 0.6 is 0 Å². The lowest BCUT2D eigenvalue weighted by Crippen LogP contribution is -2.03. The molecule has 0 bridgehead atoms. The van der Waals surface area contributed by atoms with E-state index in [2.05, 4.69) is 17.5 Å². The molecular formula is C14H11NO. The van der Waals surface area contributed by atoms with E-state index in [-0.39, 0.29) is 5.78 Å². The highest BCUT2D eigenvalue weighted by Gasteiger charge is 2.25. The van der Waals surface area contributed by atoms with E-state index in [4.69, 9.17) is 0 Å². The molecule has 78 valence electrons. The number of fused-ring (bicyclic) bond motifs is 1. The van der Waals surface area contributed by atoms with Gasteiger partial charge in [-0.2, -0.15) is 0 Å². The second-order valence-electron chi connectivity index (χ2n) is 3.87. The van der Waals surface area contributed by atoms with Crippen LogP contribution in [0.3, 0.4) is 0 Å². The van der Waals surface area contributed by atoms with Crippen molar-refractivity contribution in [3.05, 3.63) is 65.4 Å². The number of para-hydroxylation sites is 1. The molecule has 1 aliphatic carbocycles. The zero-order chi connectivity index (χ0) is 11.0. The monoisotopic (exact) mass is 209 g/mol. The Kier molecular flexibility index (Phi) is 2.00. The summed E-state index contributed by atoms with van der Waals surface area (Å²) in [7, 11) is 0. The number of benzene rings is 1. The van der Waals surface area contributed by atoms with Gasteiger partial charge in [-0.3, -0.25) is 4.79 Å². The lowest BCUT2D eigenvalue weighted by molar-refractivity contribution is 0.104. The van der Waals surface area contributed by atoms with Crippen LogP contribution in [0.4, 0.5) is 5.69 Å². The van der Waals surface area contributed by atoms with Crippen molar-refractivity contribution in [2.75, 3.05) is 5.32 Å². The fourth-order valence-corrected chi connectivity index (χ4v) is 2.01.